The molecule has 0 radical (unpaired) electrons. The molecule has 7 nitrogen and oxygen atoms in total. The van der Waals surface area contributed by atoms with E-state index in [1.807, 2.05) is 19.1 Å². The summed E-state index contributed by atoms with van der Waals surface area (Å²) in [5.41, 5.74) is 5.17. The van der Waals surface area contributed by atoms with E-state index in [-0.39, 0.29) is 43.2 Å². The fraction of sp³-hybridized carbons (Fsp3) is 0.500. The van der Waals surface area contributed by atoms with Gasteiger partial charge in [-0.05, 0) is 19.1 Å². The van der Waals surface area contributed by atoms with Crippen molar-refractivity contribution < 1.29 is 14.4 Å². The number of amides is 3. The van der Waals surface area contributed by atoms with Gasteiger partial charge >= 0.3 is 0 Å². The van der Waals surface area contributed by atoms with Gasteiger partial charge < -0.3 is 20.9 Å². The van der Waals surface area contributed by atoms with Gasteiger partial charge in [0.05, 0.1) is 18.0 Å². The average molecular weight is 361 g/mol. The number of nitrogens with zero attached hydrogens (tertiary/aromatic N) is 2. The van der Waals surface area contributed by atoms with Gasteiger partial charge in [-0.2, -0.15) is 0 Å². The summed E-state index contributed by atoms with van der Waals surface area (Å²) in [6.07, 6.45) is 0. The largest absolute Gasteiger partial charge is 0.346 e. The summed E-state index contributed by atoms with van der Waals surface area (Å²) in [6.45, 7) is 3.76. The summed E-state index contributed by atoms with van der Waals surface area (Å²) in [7, 11) is 0. The predicted octanol–water partition coefficient (Wildman–Crippen LogP) is -0.162. The Balaban J connectivity index is 0.00000264. The van der Waals surface area contributed by atoms with Crippen LogP contribution in [0.3, 0.4) is 0 Å². The van der Waals surface area contributed by atoms with Crippen LogP contribution in [0.5, 0.6) is 0 Å². The molecule has 0 bridgehead atoms. The number of rotatable bonds is 4. The molecule has 2 rings (SSSR count). The molecule has 0 aromatic carbocycles. The summed E-state index contributed by atoms with van der Waals surface area (Å²) < 4.78 is 0. The standard InChI is InChI=1S/C14H20N4O3S.ClH/c1-10-2-3-11(22-10)14(21)18-6-4-17(5-7-18)13(20)9-16-12(19)8-15;/h2-3H,4-9,15H2,1H3,(H,16,19);1H. The SMILES string of the molecule is Cc1ccc(C(=O)N2CCN(C(=O)CNC(=O)CN)CC2)s1.Cl. The molecule has 128 valence electrons. The van der Waals surface area contributed by atoms with Crippen molar-refractivity contribution in [3.05, 3.63) is 21.9 Å². The van der Waals surface area contributed by atoms with Crippen LogP contribution in [0.4, 0.5) is 0 Å². The van der Waals surface area contributed by atoms with Gasteiger partial charge in [-0.25, -0.2) is 0 Å². The van der Waals surface area contributed by atoms with Crippen LogP contribution in [0.1, 0.15) is 14.5 Å². The lowest BCUT2D eigenvalue weighted by Gasteiger charge is -2.34. The van der Waals surface area contributed by atoms with Gasteiger partial charge in [-0.15, -0.1) is 23.7 Å². The lowest BCUT2D eigenvalue weighted by molar-refractivity contribution is -0.133. The molecule has 3 N–H and O–H groups in total. The molecule has 1 aromatic heterocycles. The zero-order valence-electron chi connectivity index (χ0n) is 12.9. The van der Waals surface area contributed by atoms with E-state index in [4.69, 9.17) is 5.73 Å². The monoisotopic (exact) mass is 360 g/mol. The number of hydrogen-bond acceptors (Lipinski definition) is 5. The molecule has 1 saturated heterocycles. The molecule has 1 aliphatic heterocycles. The van der Waals surface area contributed by atoms with Crippen LogP contribution < -0.4 is 11.1 Å². The molecule has 1 fully saturated rings. The van der Waals surface area contributed by atoms with Crippen LogP contribution in [-0.2, 0) is 9.59 Å². The maximum absolute atomic E-state index is 12.3. The topological polar surface area (TPSA) is 95.7 Å². The van der Waals surface area contributed by atoms with E-state index >= 15 is 0 Å². The highest BCUT2D eigenvalue weighted by Gasteiger charge is 2.25. The Kier molecular flexibility index (Phi) is 7.47. The second kappa shape index (κ2) is 8.85. The van der Waals surface area contributed by atoms with Crippen molar-refractivity contribution in [2.24, 2.45) is 5.73 Å². The zero-order chi connectivity index (χ0) is 16.1. The van der Waals surface area contributed by atoms with Crippen molar-refractivity contribution in [3.8, 4) is 0 Å². The molecular formula is C14H21ClN4O3S. The number of aryl methyl sites for hydroxylation is 1. The lowest BCUT2D eigenvalue weighted by Crippen LogP contribution is -2.52. The third-order valence-corrected chi connectivity index (χ3v) is 4.48. The van der Waals surface area contributed by atoms with E-state index in [9.17, 15) is 14.4 Å². The van der Waals surface area contributed by atoms with E-state index < -0.39 is 0 Å². The van der Waals surface area contributed by atoms with Crippen molar-refractivity contribution in [1.82, 2.24) is 15.1 Å². The molecule has 0 aliphatic carbocycles. The number of carbonyl (C=O) groups excluding carboxylic acids is 3. The molecule has 23 heavy (non-hydrogen) atoms. The summed E-state index contributed by atoms with van der Waals surface area (Å²) in [5, 5.41) is 2.46. The Morgan fingerprint density at radius 2 is 1.78 bits per heavy atom. The Hall–Kier alpha value is -1.64. The van der Waals surface area contributed by atoms with Gasteiger partial charge in [0.1, 0.15) is 0 Å². The van der Waals surface area contributed by atoms with Crippen molar-refractivity contribution >= 4 is 41.5 Å². The number of nitrogens with one attached hydrogen (secondary N) is 1. The Bertz CT molecular complexity index is 570. The van der Waals surface area contributed by atoms with Crippen molar-refractivity contribution in [1.29, 1.82) is 0 Å². The molecule has 0 saturated carbocycles. The fourth-order valence-electron chi connectivity index (χ4n) is 2.22. The highest BCUT2D eigenvalue weighted by atomic mass is 35.5. The molecule has 1 aromatic rings. The lowest BCUT2D eigenvalue weighted by atomic mass is 10.3. The summed E-state index contributed by atoms with van der Waals surface area (Å²) in [5.74, 6) is -0.488. The smallest absolute Gasteiger partial charge is 0.264 e. The minimum atomic E-state index is -0.352. The number of piperazine rings is 1. The van der Waals surface area contributed by atoms with Crippen LogP contribution in [0.2, 0.25) is 0 Å². The maximum atomic E-state index is 12.3. The van der Waals surface area contributed by atoms with Crippen molar-refractivity contribution in [2.45, 2.75) is 6.92 Å². The quantitative estimate of drug-likeness (QED) is 0.779. The van der Waals surface area contributed by atoms with Gasteiger partial charge in [0.2, 0.25) is 11.8 Å². The average Bonchev–Trinajstić information content (AvgIpc) is 2.98. The third-order valence-electron chi connectivity index (χ3n) is 3.49. The van der Waals surface area contributed by atoms with Crippen molar-refractivity contribution in [2.75, 3.05) is 39.3 Å². The molecule has 2 heterocycles. The highest BCUT2D eigenvalue weighted by Crippen LogP contribution is 2.18. The van der Waals surface area contributed by atoms with E-state index in [0.29, 0.717) is 26.2 Å². The molecule has 0 atom stereocenters. The summed E-state index contributed by atoms with van der Waals surface area (Å²) in [6, 6.07) is 3.76. The first-order chi connectivity index (χ1) is 10.5. The minimum Gasteiger partial charge on any atom is -0.346 e. The van der Waals surface area contributed by atoms with Crippen LogP contribution in [-0.4, -0.2) is 66.8 Å². The van der Waals surface area contributed by atoms with E-state index in [1.54, 1.807) is 9.80 Å². The normalized spacial score (nSPS) is 14.2. The fourth-order valence-corrected chi connectivity index (χ4v) is 3.06. The number of halogens is 1. The first-order valence-corrected chi connectivity index (χ1v) is 7.93. The van der Waals surface area contributed by atoms with E-state index in [2.05, 4.69) is 5.32 Å². The Morgan fingerprint density at radius 1 is 1.17 bits per heavy atom. The van der Waals surface area contributed by atoms with Gasteiger partial charge in [0, 0.05) is 31.1 Å². The van der Waals surface area contributed by atoms with Gasteiger partial charge in [-0.1, -0.05) is 0 Å². The van der Waals surface area contributed by atoms with Gasteiger partial charge in [0.25, 0.3) is 5.91 Å². The van der Waals surface area contributed by atoms with Crippen molar-refractivity contribution in [3.63, 3.8) is 0 Å². The molecule has 3 amide bonds. The van der Waals surface area contributed by atoms with E-state index in [0.717, 1.165) is 9.75 Å². The number of nitrogens with two attached hydrogens (primary N) is 1. The highest BCUT2D eigenvalue weighted by molar-refractivity contribution is 7.13. The Labute approximate surface area is 145 Å². The molecule has 9 heteroatoms. The maximum Gasteiger partial charge on any atom is 0.264 e. The Morgan fingerprint density at radius 3 is 2.30 bits per heavy atom. The first-order valence-electron chi connectivity index (χ1n) is 7.11. The molecular weight excluding hydrogens is 340 g/mol. The summed E-state index contributed by atoms with van der Waals surface area (Å²) >= 11 is 1.48. The van der Waals surface area contributed by atoms with Crippen LogP contribution in [0.15, 0.2) is 12.1 Å². The molecule has 0 spiro atoms. The van der Waals surface area contributed by atoms with Crippen LogP contribution >= 0.6 is 23.7 Å². The second-order valence-electron chi connectivity index (χ2n) is 5.06. The number of hydrogen-bond donors (Lipinski definition) is 2. The molecule has 1 aliphatic rings. The van der Waals surface area contributed by atoms with Crippen LogP contribution in [0, 0.1) is 6.92 Å². The van der Waals surface area contributed by atoms with Gasteiger partial charge in [0.15, 0.2) is 0 Å². The number of thiophene rings is 1. The number of carbonyl (C=O) groups is 3. The molecule has 0 unspecified atom stereocenters. The van der Waals surface area contributed by atoms with Gasteiger partial charge in [-0.3, -0.25) is 14.4 Å². The zero-order valence-corrected chi connectivity index (χ0v) is 14.5. The van der Waals surface area contributed by atoms with E-state index in [1.165, 1.54) is 11.3 Å². The predicted molar refractivity (Wildman–Crippen MR) is 90.9 cm³/mol. The third kappa shape index (κ3) is 5.19. The van der Waals surface area contributed by atoms with Crippen LogP contribution in [0.25, 0.3) is 0 Å². The second-order valence-corrected chi connectivity index (χ2v) is 6.35. The minimum absolute atomic E-state index is 0. The summed E-state index contributed by atoms with van der Waals surface area (Å²) in [4.78, 5) is 40.5. The first kappa shape index (κ1) is 19.4.